The fraction of sp³-hybridized carbons (Fsp3) is 0.375. The van der Waals surface area contributed by atoms with Gasteiger partial charge in [0.25, 0.3) is 0 Å². The molecule has 1 heterocycles. The molecule has 66 valence electrons. The summed E-state index contributed by atoms with van der Waals surface area (Å²) in [4.78, 5) is 12.1. The Kier molecular flexibility index (Phi) is 2.88. The fourth-order valence-corrected chi connectivity index (χ4v) is 2.33. The van der Waals surface area contributed by atoms with Crippen LogP contribution in [-0.4, -0.2) is 5.78 Å². The number of halogens is 1. The third-order valence-electron chi connectivity index (χ3n) is 2.03. The Morgan fingerprint density at radius 3 is 3.00 bits per heavy atom. The zero-order valence-electron chi connectivity index (χ0n) is 6.45. The van der Waals surface area contributed by atoms with Gasteiger partial charge in [-0.1, -0.05) is 0 Å². The summed E-state index contributed by atoms with van der Waals surface area (Å²) in [6, 6.07) is 2.05. The Morgan fingerprint density at radius 2 is 2.33 bits per heavy atom. The molecule has 1 aromatic heterocycles. The van der Waals surface area contributed by atoms with Crippen LogP contribution in [0, 0.1) is 0 Å². The highest BCUT2D eigenvalue weighted by atomic mass is 35.5. The molecule has 1 aromatic rings. The Bertz CT molecular complexity index is 297. The van der Waals surface area contributed by atoms with Crippen molar-refractivity contribution in [2.45, 2.75) is 18.9 Å². The van der Waals surface area contributed by atoms with Crippen molar-refractivity contribution >= 4 is 29.5 Å². The second-order valence-electron chi connectivity index (χ2n) is 2.77. The second-order valence-corrected chi connectivity index (χ2v) is 3.69. The lowest BCUT2D eigenvalue weighted by Gasteiger charge is -2.16. The predicted octanol–water partition coefficient (Wildman–Crippen LogP) is 2.15. The molecule has 0 spiro atoms. The van der Waals surface area contributed by atoms with Crippen molar-refractivity contribution in [3.8, 4) is 0 Å². The van der Waals surface area contributed by atoms with Crippen LogP contribution in [0.1, 0.15) is 34.1 Å². The number of rotatable bonds is 0. The number of fused-ring (bicyclic) bond motifs is 1. The topological polar surface area (TPSA) is 43.1 Å². The minimum absolute atomic E-state index is 0. The Balaban J connectivity index is 0.000000720. The summed E-state index contributed by atoms with van der Waals surface area (Å²) in [6.07, 6.45) is 1.43. The smallest absolute Gasteiger partial charge is 0.173 e. The van der Waals surface area contributed by atoms with Crippen molar-refractivity contribution < 1.29 is 4.79 Å². The first-order valence-electron chi connectivity index (χ1n) is 3.65. The molecule has 12 heavy (non-hydrogen) atoms. The van der Waals surface area contributed by atoms with Gasteiger partial charge in [0.2, 0.25) is 0 Å². The van der Waals surface area contributed by atoms with Gasteiger partial charge in [-0.2, -0.15) is 0 Å². The molecule has 2 rings (SSSR count). The molecule has 0 radical (unpaired) electrons. The average molecular weight is 204 g/mol. The largest absolute Gasteiger partial charge is 0.324 e. The first-order valence-corrected chi connectivity index (χ1v) is 4.53. The number of thiophene rings is 1. The van der Waals surface area contributed by atoms with Crippen LogP contribution in [-0.2, 0) is 0 Å². The van der Waals surface area contributed by atoms with Crippen LogP contribution in [0.3, 0.4) is 0 Å². The van der Waals surface area contributed by atoms with E-state index in [1.807, 2.05) is 11.4 Å². The van der Waals surface area contributed by atoms with E-state index >= 15 is 0 Å². The van der Waals surface area contributed by atoms with Gasteiger partial charge in [-0.15, -0.1) is 23.7 Å². The Labute approximate surface area is 81.2 Å². The molecule has 4 heteroatoms. The maximum atomic E-state index is 11.2. The van der Waals surface area contributed by atoms with Gasteiger partial charge >= 0.3 is 0 Å². The van der Waals surface area contributed by atoms with E-state index in [9.17, 15) is 4.79 Å². The maximum Gasteiger partial charge on any atom is 0.173 e. The quantitative estimate of drug-likeness (QED) is 0.702. The van der Waals surface area contributed by atoms with Gasteiger partial charge in [-0.3, -0.25) is 4.79 Å². The van der Waals surface area contributed by atoms with E-state index in [2.05, 4.69) is 0 Å². The van der Waals surface area contributed by atoms with Crippen LogP contribution < -0.4 is 5.73 Å². The molecule has 0 bridgehead atoms. The number of hydrogen-bond acceptors (Lipinski definition) is 3. The number of nitrogens with two attached hydrogens (primary N) is 1. The van der Waals surface area contributed by atoms with E-state index in [-0.39, 0.29) is 24.2 Å². The van der Waals surface area contributed by atoms with Gasteiger partial charge in [0.1, 0.15) is 0 Å². The molecule has 2 N–H and O–H groups in total. The lowest BCUT2D eigenvalue weighted by Crippen LogP contribution is -2.19. The van der Waals surface area contributed by atoms with Crippen molar-refractivity contribution in [3.63, 3.8) is 0 Å². The molecule has 0 saturated carbocycles. The predicted molar refractivity (Wildman–Crippen MR) is 52.1 cm³/mol. The van der Waals surface area contributed by atoms with Crippen LogP contribution >= 0.6 is 23.7 Å². The standard InChI is InChI=1S/C8H9NOS.ClH/c9-6-1-2-7(10)8-5(6)3-4-11-8;/h3-4,6H,1-2,9H2;1H. The van der Waals surface area contributed by atoms with Gasteiger partial charge in [0, 0.05) is 12.5 Å². The van der Waals surface area contributed by atoms with Crippen molar-refractivity contribution in [3.05, 3.63) is 21.9 Å². The van der Waals surface area contributed by atoms with Crippen molar-refractivity contribution in [2.75, 3.05) is 0 Å². The first kappa shape index (κ1) is 9.71. The normalized spacial score (nSPS) is 21.4. The highest BCUT2D eigenvalue weighted by Crippen LogP contribution is 2.31. The van der Waals surface area contributed by atoms with Gasteiger partial charge in [0.05, 0.1) is 4.88 Å². The molecule has 1 aliphatic carbocycles. The molecule has 0 fully saturated rings. The molecule has 1 unspecified atom stereocenters. The van der Waals surface area contributed by atoms with Crippen molar-refractivity contribution in [2.24, 2.45) is 5.73 Å². The minimum atomic E-state index is 0. The SMILES string of the molecule is Cl.NC1CCC(=O)c2sccc21. The first-order chi connectivity index (χ1) is 5.29. The summed E-state index contributed by atoms with van der Waals surface area (Å²) in [6.45, 7) is 0. The van der Waals surface area contributed by atoms with Crippen molar-refractivity contribution in [1.29, 1.82) is 0 Å². The number of Topliss-reactive ketones (excluding diaryl/α,β-unsaturated/α-hetero) is 1. The third-order valence-corrected chi connectivity index (χ3v) is 3.00. The maximum absolute atomic E-state index is 11.2. The van der Waals surface area contributed by atoms with Crippen LogP contribution in [0.2, 0.25) is 0 Å². The van der Waals surface area contributed by atoms with Gasteiger partial charge < -0.3 is 5.73 Å². The zero-order chi connectivity index (χ0) is 7.84. The number of carbonyl (C=O) groups excluding carboxylic acids is 1. The van der Waals surface area contributed by atoms with Crippen LogP contribution in [0.15, 0.2) is 11.4 Å². The van der Waals surface area contributed by atoms with Crippen LogP contribution in [0.5, 0.6) is 0 Å². The summed E-state index contributed by atoms with van der Waals surface area (Å²) < 4.78 is 0. The summed E-state index contributed by atoms with van der Waals surface area (Å²) in [5.41, 5.74) is 6.85. The highest BCUT2D eigenvalue weighted by molar-refractivity contribution is 7.12. The molecule has 0 aromatic carbocycles. The minimum Gasteiger partial charge on any atom is -0.324 e. The van der Waals surface area contributed by atoms with E-state index in [1.165, 1.54) is 11.3 Å². The van der Waals surface area contributed by atoms with Crippen molar-refractivity contribution in [1.82, 2.24) is 0 Å². The number of ketones is 1. The van der Waals surface area contributed by atoms with Crippen LogP contribution in [0.4, 0.5) is 0 Å². The van der Waals surface area contributed by atoms with Gasteiger partial charge in [-0.05, 0) is 23.4 Å². The van der Waals surface area contributed by atoms with Crippen LogP contribution in [0.25, 0.3) is 0 Å². The second kappa shape index (κ2) is 3.56. The lowest BCUT2D eigenvalue weighted by molar-refractivity contribution is 0.0972. The van der Waals surface area contributed by atoms with E-state index in [0.29, 0.717) is 6.42 Å². The van der Waals surface area contributed by atoms with E-state index in [4.69, 9.17) is 5.73 Å². The molecule has 0 amide bonds. The highest BCUT2D eigenvalue weighted by Gasteiger charge is 2.23. The summed E-state index contributed by atoms with van der Waals surface area (Å²) in [7, 11) is 0. The number of hydrogen-bond donors (Lipinski definition) is 1. The Hall–Kier alpha value is -0.380. The summed E-state index contributed by atoms with van der Waals surface area (Å²) in [5, 5.41) is 1.94. The van der Waals surface area contributed by atoms with E-state index in [0.717, 1.165) is 16.9 Å². The molecule has 1 atom stereocenters. The molecule has 2 nitrogen and oxygen atoms in total. The molecule has 0 saturated heterocycles. The van der Waals surface area contributed by atoms with Gasteiger partial charge in [-0.25, -0.2) is 0 Å². The third kappa shape index (κ3) is 1.40. The Morgan fingerprint density at radius 1 is 1.58 bits per heavy atom. The summed E-state index contributed by atoms with van der Waals surface area (Å²) in [5.74, 6) is 0.261. The fourth-order valence-electron chi connectivity index (χ4n) is 1.39. The van der Waals surface area contributed by atoms with Gasteiger partial charge in [0.15, 0.2) is 5.78 Å². The molecular formula is C8H10ClNOS. The lowest BCUT2D eigenvalue weighted by atomic mass is 9.94. The molecular weight excluding hydrogens is 194 g/mol. The average Bonchev–Trinajstić information content (AvgIpc) is 2.45. The number of carbonyl (C=O) groups is 1. The zero-order valence-corrected chi connectivity index (χ0v) is 8.08. The van der Waals surface area contributed by atoms with E-state index in [1.54, 1.807) is 0 Å². The molecule has 0 aliphatic heterocycles. The monoisotopic (exact) mass is 203 g/mol. The summed E-state index contributed by atoms with van der Waals surface area (Å²) >= 11 is 1.51. The molecule has 1 aliphatic rings. The van der Waals surface area contributed by atoms with E-state index < -0.39 is 0 Å².